The number of nitrogens with zero attached hydrogens (tertiary/aromatic N) is 17. The van der Waals surface area contributed by atoms with Gasteiger partial charge in [-0.15, -0.1) is 0 Å². The van der Waals surface area contributed by atoms with E-state index in [4.69, 9.17) is 44.9 Å². The molecule has 0 spiro atoms. The zero-order valence-electron chi connectivity index (χ0n) is 57.8. The van der Waals surface area contributed by atoms with Crippen molar-refractivity contribution in [1.29, 1.82) is 0 Å². The monoisotopic (exact) mass is 1390 g/mol. The molecule has 7 aromatic heterocycles. The van der Waals surface area contributed by atoms with Crippen molar-refractivity contribution < 1.29 is 0 Å². The van der Waals surface area contributed by atoms with Crippen LogP contribution in [0.1, 0.15) is 0 Å². The van der Waals surface area contributed by atoms with Gasteiger partial charge in [0.15, 0.2) is 69.9 Å². The first-order chi connectivity index (χ1) is 53.5. The Morgan fingerprint density at radius 2 is 0.343 bits per heavy atom. The van der Waals surface area contributed by atoms with E-state index in [1.54, 1.807) is 67.9 Å². The molecule has 17 nitrogen and oxygen atoms in total. The molecule has 108 heavy (non-hydrogen) atoms. The smallest absolute Gasteiger partial charge is 0.164 e. The Morgan fingerprint density at radius 3 is 0.611 bits per heavy atom. The van der Waals surface area contributed by atoms with Crippen LogP contribution in [0, 0.1) is 0 Å². The average molecular weight is 1390 g/mol. The molecule has 0 bridgehead atoms. The maximum Gasteiger partial charge on any atom is 0.164 e. The minimum Gasteiger partial charge on any atom is -0.261 e. The van der Waals surface area contributed by atoms with E-state index in [1.807, 2.05) is 231 Å². The van der Waals surface area contributed by atoms with Crippen LogP contribution < -0.4 is 0 Å². The Labute approximate surface area is 622 Å². The lowest BCUT2D eigenvalue weighted by atomic mass is 10.0. The second kappa shape index (κ2) is 32.4. The third-order valence-corrected chi connectivity index (χ3v) is 17.4. The van der Waals surface area contributed by atoms with Crippen molar-refractivity contribution in [3.63, 3.8) is 0 Å². The molecule has 0 aliphatic rings. The standard InChI is InChI=1S/2C31H21N5.C29H19N7/c1-3-8-24(9-4-1)29-34-30(25-10-5-2-6-11-25)36-31(35-29)27-18-14-23(15-19-27)22-12-16-26(17-13-22)28-32-20-7-21-33-28;1-3-8-24(9-4-1)29-34-30(25-10-5-2-6-11-25)36-31(35-29)27-13-7-12-26(20-27)22-14-16-23(17-15-22)28-21-32-18-19-33-28;1-2-6-20(7-3-1)27-34-28(23-12-8-21(9-13-23)25-30-16-4-17-31-25)36-29(35-27)24-14-10-22(11-15-24)26-32-18-5-19-33-26/h2*1-21H;1-19H. The summed E-state index contributed by atoms with van der Waals surface area (Å²) in [4.78, 5) is 77.8. The van der Waals surface area contributed by atoms with Crippen molar-refractivity contribution in [2.45, 2.75) is 0 Å². The molecule has 0 atom stereocenters. The third-order valence-electron chi connectivity index (χ3n) is 17.4. The molecule has 0 saturated heterocycles. The largest absolute Gasteiger partial charge is 0.261 e. The van der Waals surface area contributed by atoms with Gasteiger partial charge in [-0.3, -0.25) is 9.97 Å². The Bertz CT molecular complexity index is 5740. The number of benzene rings is 11. The van der Waals surface area contributed by atoms with Crippen LogP contribution >= 0.6 is 0 Å². The van der Waals surface area contributed by atoms with Gasteiger partial charge in [-0.25, -0.2) is 74.8 Å². The van der Waals surface area contributed by atoms with Gasteiger partial charge in [-0.05, 0) is 46.5 Å². The minimum atomic E-state index is 0.592. The number of aromatic nitrogens is 17. The van der Waals surface area contributed by atoms with Crippen molar-refractivity contribution in [2.75, 3.05) is 0 Å². The summed E-state index contributed by atoms with van der Waals surface area (Å²) in [6, 6.07) is 104. The molecular weight excluding hydrogens is 1330 g/mol. The molecule has 17 heteroatoms. The molecule has 0 unspecified atom stereocenters. The quantitative estimate of drug-likeness (QED) is 0.0931. The van der Waals surface area contributed by atoms with Crippen molar-refractivity contribution in [2.24, 2.45) is 0 Å². The number of hydrogen-bond donors (Lipinski definition) is 0. The third kappa shape index (κ3) is 16.2. The van der Waals surface area contributed by atoms with Gasteiger partial charge in [0.1, 0.15) is 0 Å². The second-order valence-corrected chi connectivity index (χ2v) is 24.5. The predicted octanol–water partition coefficient (Wildman–Crippen LogP) is 19.8. The van der Waals surface area contributed by atoms with E-state index in [2.05, 4.69) is 113 Å². The summed E-state index contributed by atoms with van der Waals surface area (Å²) in [5.74, 6) is 7.76. The van der Waals surface area contributed by atoms with Crippen LogP contribution in [-0.4, -0.2) is 84.7 Å². The summed E-state index contributed by atoms with van der Waals surface area (Å²) in [5, 5.41) is 0. The number of rotatable bonds is 15. The van der Waals surface area contributed by atoms with E-state index in [-0.39, 0.29) is 0 Å². The van der Waals surface area contributed by atoms with Crippen LogP contribution in [0.5, 0.6) is 0 Å². The first-order valence-corrected chi connectivity index (χ1v) is 34.8. The van der Waals surface area contributed by atoms with Crippen LogP contribution in [0.15, 0.2) is 371 Å². The van der Waals surface area contributed by atoms with Gasteiger partial charge in [0.25, 0.3) is 0 Å². The van der Waals surface area contributed by atoms with Gasteiger partial charge in [-0.2, -0.15) is 0 Å². The molecule has 0 saturated carbocycles. The topological polar surface area (TPSA) is 219 Å². The van der Waals surface area contributed by atoms with E-state index >= 15 is 0 Å². The van der Waals surface area contributed by atoms with Gasteiger partial charge >= 0.3 is 0 Å². The van der Waals surface area contributed by atoms with Gasteiger partial charge in [-0.1, -0.05) is 291 Å². The van der Waals surface area contributed by atoms with E-state index in [0.717, 1.165) is 106 Å². The normalized spacial score (nSPS) is 10.8. The van der Waals surface area contributed by atoms with Crippen LogP contribution in [0.3, 0.4) is 0 Å². The lowest BCUT2D eigenvalue weighted by molar-refractivity contribution is 1.07. The van der Waals surface area contributed by atoms with Gasteiger partial charge in [0.05, 0.1) is 11.9 Å². The van der Waals surface area contributed by atoms with Gasteiger partial charge in [0.2, 0.25) is 0 Å². The molecule has 0 N–H and O–H groups in total. The molecule has 0 fully saturated rings. The summed E-state index contributed by atoms with van der Waals surface area (Å²) < 4.78 is 0. The van der Waals surface area contributed by atoms with Crippen molar-refractivity contribution in [1.82, 2.24) is 84.7 Å². The second-order valence-electron chi connectivity index (χ2n) is 24.5. The molecule has 18 aromatic rings. The Kier molecular flexibility index (Phi) is 20.2. The van der Waals surface area contributed by atoms with Crippen molar-refractivity contribution in [3.8, 4) is 170 Å². The SMILES string of the molecule is c1ccc(-c2nc(-c3ccc(-c4ncccn4)cc3)nc(-c3ccc(-c4ncccn4)cc3)n2)cc1.c1ccc(-c2nc(-c3ccccc3)nc(-c3ccc(-c4ccc(-c5ncccn5)cc4)cc3)n2)cc1.c1ccc(-c2nc(-c3ccccc3)nc(-c3cccc(-c4ccc(-c5cnccn5)cc4)c3)n2)cc1. The fraction of sp³-hybridized carbons (Fsp3) is 0. The molecule has 0 aliphatic carbocycles. The molecule has 0 amide bonds. The Balaban J connectivity index is 0.000000124. The fourth-order valence-corrected chi connectivity index (χ4v) is 11.8. The first kappa shape index (κ1) is 67.3. The molecule has 18 rings (SSSR count). The Morgan fingerprint density at radius 1 is 0.130 bits per heavy atom. The molecular formula is C91H61N17. The van der Waals surface area contributed by atoms with E-state index < -0.39 is 0 Å². The maximum absolute atomic E-state index is 4.85. The highest BCUT2D eigenvalue weighted by Crippen LogP contribution is 2.33. The van der Waals surface area contributed by atoms with E-state index in [9.17, 15) is 0 Å². The van der Waals surface area contributed by atoms with Crippen LogP contribution in [0.4, 0.5) is 0 Å². The van der Waals surface area contributed by atoms with Crippen LogP contribution in [-0.2, 0) is 0 Å². The highest BCUT2D eigenvalue weighted by atomic mass is 15.1. The molecule has 0 radical (unpaired) electrons. The van der Waals surface area contributed by atoms with Crippen molar-refractivity contribution in [3.05, 3.63) is 371 Å². The molecule has 510 valence electrons. The Hall–Kier alpha value is -15.2. The van der Waals surface area contributed by atoms with Gasteiger partial charge in [0, 0.05) is 122 Å². The maximum atomic E-state index is 4.85. The molecule has 7 heterocycles. The van der Waals surface area contributed by atoms with Crippen LogP contribution in [0.2, 0.25) is 0 Å². The predicted molar refractivity (Wildman–Crippen MR) is 423 cm³/mol. The lowest BCUT2D eigenvalue weighted by Crippen LogP contribution is -2.00. The molecule has 0 aliphatic heterocycles. The zero-order valence-corrected chi connectivity index (χ0v) is 57.8. The van der Waals surface area contributed by atoms with Crippen molar-refractivity contribution >= 4 is 0 Å². The summed E-state index contributed by atoms with van der Waals surface area (Å²) >= 11 is 0. The first-order valence-electron chi connectivity index (χ1n) is 34.8. The number of hydrogen-bond acceptors (Lipinski definition) is 17. The molecule has 11 aromatic carbocycles. The summed E-state index contributed by atoms with van der Waals surface area (Å²) in [6.45, 7) is 0. The highest BCUT2D eigenvalue weighted by Gasteiger charge is 2.18. The van der Waals surface area contributed by atoms with Crippen LogP contribution in [0.25, 0.3) is 170 Å². The fourth-order valence-electron chi connectivity index (χ4n) is 11.8. The average Bonchev–Trinajstić information content (AvgIpc) is 0.806. The van der Waals surface area contributed by atoms with E-state index in [0.29, 0.717) is 64.1 Å². The zero-order chi connectivity index (χ0) is 72.5. The lowest BCUT2D eigenvalue weighted by Gasteiger charge is -2.10. The summed E-state index contributed by atoms with van der Waals surface area (Å²) in [6.07, 6.45) is 15.6. The highest BCUT2D eigenvalue weighted by molar-refractivity contribution is 5.77. The summed E-state index contributed by atoms with van der Waals surface area (Å²) in [7, 11) is 0. The minimum absolute atomic E-state index is 0.592. The van der Waals surface area contributed by atoms with Gasteiger partial charge < -0.3 is 0 Å². The summed E-state index contributed by atoms with van der Waals surface area (Å²) in [5.41, 5.74) is 17.5. The van der Waals surface area contributed by atoms with E-state index in [1.165, 1.54) is 0 Å².